The molecule has 164 valence electrons. The monoisotopic (exact) mass is 422 g/mol. The third-order valence-corrected chi connectivity index (χ3v) is 6.14. The van der Waals surface area contributed by atoms with Crippen molar-refractivity contribution in [1.82, 2.24) is 20.2 Å². The third-order valence-electron chi connectivity index (χ3n) is 6.14. The number of carbonyl (C=O) groups excluding carboxylic acids is 2. The Morgan fingerprint density at radius 3 is 2.65 bits per heavy atom. The maximum absolute atomic E-state index is 12.8. The Morgan fingerprint density at radius 2 is 1.94 bits per heavy atom. The van der Waals surface area contributed by atoms with E-state index in [1.54, 1.807) is 6.20 Å². The van der Waals surface area contributed by atoms with Crippen molar-refractivity contribution in [2.24, 2.45) is 5.92 Å². The lowest BCUT2D eigenvalue weighted by atomic mass is 9.90. The Morgan fingerprint density at radius 1 is 1.16 bits per heavy atom. The van der Waals surface area contributed by atoms with Gasteiger partial charge in [0.05, 0.1) is 11.3 Å². The number of aromatic nitrogens is 2. The molecule has 0 bridgehead atoms. The lowest BCUT2D eigenvalue weighted by Gasteiger charge is -2.33. The van der Waals surface area contributed by atoms with E-state index in [9.17, 15) is 9.59 Å². The minimum absolute atomic E-state index is 0.134. The zero-order valence-electron chi connectivity index (χ0n) is 18.0. The topological polar surface area (TPSA) is 84.4 Å². The highest BCUT2D eigenvalue weighted by Crippen LogP contribution is 2.24. The van der Waals surface area contributed by atoms with Gasteiger partial charge in [0.1, 0.15) is 11.9 Å². The molecule has 31 heavy (non-hydrogen) atoms. The van der Waals surface area contributed by atoms with E-state index in [0.717, 1.165) is 56.5 Å². The van der Waals surface area contributed by atoms with Gasteiger partial charge in [0.15, 0.2) is 0 Å². The molecule has 2 aliphatic rings. The van der Waals surface area contributed by atoms with Gasteiger partial charge >= 0.3 is 0 Å². The molecule has 0 saturated carbocycles. The molecule has 0 aliphatic carbocycles. The summed E-state index contributed by atoms with van der Waals surface area (Å²) in [4.78, 5) is 36.2. The third kappa shape index (κ3) is 5.47. The van der Waals surface area contributed by atoms with E-state index in [4.69, 9.17) is 4.74 Å². The van der Waals surface area contributed by atoms with Crippen molar-refractivity contribution >= 4 is 11.8 Å². The fraction of sp³-hybridized carbons (Fsp3) is 0.500. The van der Waals surface area contributed by atoms with Crippen molar-refractivity contribution in [3.8, 4) is 0 Å². The molecule has 4 rings (SSSR count). The number of hydrogen-bond donors (Lipinski definition) is 1. The van der Waals surface area contributed by atoms with Crippen LogP contribution in [0.2, 0.25) is 0 Å². The normalized spacial score (nSPS) is 19.4. The van der Waals surface area contributed by atoms with Crippen LogP contribution >= 0.6 is 0 Å². The van der Waals surface area contributed by atoms with E-state index < -0.39 is 0 Å². The number of nitrogens with zero attached hydrogens (tertiary/aromatic N) is 3. The number of rotatable bonds is 6. The first-order valence-corrected chi connectivity index (χ1v) is 11.1. The molecule has 7 nitrogen and oxygen atoms in total. The Labute approximate surface area is 183 Å². The maximum atomic E-state index is 12.8. The van der Waals surface area contributed by atoms with Crippen molar-refractivity contribution in [2.45, 2.75) is 51.7 Å². The van der Waals surface area contributed by atoms with E-state index in [-0.39, 0.29) is 17.9 Å². The first-order chi connectivity index (χ1) is 15.1. The second-order valence-corrected chi connectivity index (χ2v) is 8.42. The van der Waals surface area contributed by atoms with E-state index in [1.807, 2.05) is 42.2 Å². The van der Waals surface area contributed by atoms with Crippen LogP contribution in [0.25, 0.3) is 0 Å². The fourth-order valence-electron chi connectivity index (χ4n) is 4.34. The zero-order valence-corrected chi connectivity index (χ0v) is 18.0. The first kappa shape index (κ1) is 21.4. The minimum atomic E-state index is -0.249. The van der Waals surface area contributed by atoms with Gasteiger partial charge in [0.2, 0.25) is 0 Å². The highest BCUT2D eigenvalue weighted by Gasteiger charge is 2.31. The molecule has 2 fully saturated rings. The molecule has 1 aromatic carbocycles. The van der Waals surface area contributed by atoms with Crippen LogP contribution in [0.15, 0.2) is 36.5 Å². The van der Waals surface area contributed by atoms with Gasteiger partial charge in [-0.1, -0.05) is 30.3 Å². The molecule has 0 radical (unpaired) electrons. The molecule has 2 aromatic rings. The molecule has 0 spiro atoms. The van der Waals surface area contributed by atoms with Gasteiger partial charge in [-0.2, -0.15) is 0 Å². The number of piperidine rings is 1. The summed E-state index contributed by atoms with van der Waals surface area (Å²) >= 11 is 0. The van der Waals surface area contributed by atoms with E-state index in [0.29, 0.717) is 30.5 Å². The van der Waals surface area contributed by atoms with E-state index >= 15 is 0 Å². The predicted octanol–water partition coefficient (Wildman–Crippen LogP) is 2.68. The summed E-state index contributed by atoms with van der Waals surface area (Å²) in [5, 5.41) is 2.98. The summed E-state index contributed by atoms with van der Waals surface area (Å²) < 4.78 is 5.55. The van der Waals surface area contributed by atoms with Crippen molar-refractivity contribution in [1.29, 1.82) is 0 Å². The Balaban J connectivity index is 1.35. The Bertz CT molecular complexity index is 904. The standard InChI is InChI=1S/C24H30N4O3/c1-17-25-16-20(23(29)26-15-19-6-3-2-4-7-19)21(27-17)14-18-9-11-28(12-10-18)24(30)22-8-5-13-31-22/h2-4,6-7,16,18,22H,5,8-15H2,1H3,(H,26,29)/t22-/m1/s1. The second kappa shape index (κ2) is 10.0. The molecule has 1 aromatic heterocycles. The maximum Gasteiger partial charge on any atom is 0.254 e. The summed E-state index contributed by atoms with van der Waals surface area (Å²) in [5.41, 5.74) is 2.38. The number of amides is 2. The lowest BCUT2D eigenvalue weighted by Crippen LogP contribution is -2.44. The van der Waals surface area contributed by atoms with Gasteiger partial charge in [-0.15, -0.1) is 0 Å². The van der Waals surface area contributed by atoms with Crippen molar-refractivity contribution < 1.29 is 14.3 Å². The van der Waals surface area contributed by atoms with Gasteiger partial charge < -0.3 is 15.0 Å². The number of benzene rings is 1. The fourth-order valence-corrected chi connectivity index (χ4v) is 4.34. The van der Waals surface area contributed by atoms with Crippen LogP contribution in [0.4, 0.5) is 0 Å². The van der Waals surface area contributed by atoms with E-state index in [2.05, 4.69) is 15.3 Å². The molecule has 1 N–H and O–H groups in total. The molecule has 2 amide bonds. The summed E-state index contributed by atoms with van der Waals surface area (Å²) in [6.07, 6.45) is 5.73. The molecule has 0 unspecified atom stereocenters. The molecular weight excluding hydrogens is 392 g/mol. The average Bonchev–Trinajstić information content (AvgIpc) is 3.33. The van der Waals surface area contributed by atoms with Gasteiger partial charge in [-0.25, -0.2) is 9.97 Å². The number of likely N-dealkylation sites (tertiary alicyclic amines) is 1. The molecule has 3 heterocycles. The molecule has 2 aliphatic heterocycles. The number of ether oxygens (including phenoxy) is 1. The summed E-state index contributed by atoms with van der Waals surface area (Å²) in [7, 11) is 0. The van der Waals surface area contributed by atoms with Crippen molar-refractivity contribution in [3.05, 3.63) is 59.2 Å². The van der Waals surface area contributed by atoms with E-state index in [1.165, 1.54) is 0 Å². The van der Waals surface area contributed by atoms with Gasteiger partial charge in [-0.3, -0.25) is 9.59 Å². The van der Waals surface area contributed by atoms with Crippen LogP contribution in [0.1, 0.15) is 53.1 Å². The number of aryl methyl sites for hydroxylation is 1. The number of carbonyl (C=O) groups is 2. The molecular formula is C24H30N4O3. The largest absolute Gasteiger partial charge is 0.368 e. The molecule has 2 saturated heterocycles. The minimum Gasteiger partial charge on any atom is -0.368 e. The lowest BCUT2D eigenvalue weighted by molar-refractivity contribution is -0.142. The number of nitrogens with one attached hydrogen (secondary N) is 1. The highest BCUT2D eigenvalue weighted by atomic mass is 16.5. The SMILES string of the molecule is Cc1ncc(C(=O)NCc2ccccc2)c(CC2CCN(C(=O)[C@H]3CCCO3)CC2)n1. The van der Waals surface area contributed by atoms with Crippen molar-refractivity contribution in [3.63, 3.8) is 0 Å². The Kier molecular flexibility index (Phi) is 6.92. The van der Waals surface area contributed by atoms with Crippen LogP contribution in [0.5, 0.6) is 0 Å². The second-order valence-electron chi connectivity index (χ2n) is 8.42. The van der Waals surface area contributed by atoms with Gasteiger partial charge in [0.25, 0.3) is 11.8 Å². The molecule has 1 atom stereocenters. The van der Waals surface area contributed by atoms with Crippen LogP contribution in [-0.4, -0.2) is 52.5 Å². The summed E-state index contributed by atoms with van der Waals surface area (Å²) in [6.45, 7) is 4.48. The van der Waals surface area contributed by atoms with Crippen LogP contribution in [-0.2, 0) is 22.5 Å². The zero-order chi connectivity index (χ0) is 21.6. The smallest absolute Gasteiger partial charge is 0.254 e. The molecule has 7 heteroatoms. The van der Waals surface area contributed by atoms with Crippen molar-refractivity contribution in [2.75, 3.05) is 19.7 Å². The van der Waals surface area contributed by atoms with Crippen LogP contribution in [0.3, 0.4) is 0 Å². The predicted molar refractivity (Wildman–Crippen MR) is 116 cm³/mol. The van der Waals surface area contributed by atoms with Gasteiger partial charge in [0, 0.05) is 32.4 Å². The van der Waals surface area contributed by atoms with Gasteiger partial charge in [-0.05, 0) is 50.5 Å². The van der Waals surface area contributed by atoms with Crippen LogP contribution in [0, 0.1) is 12.8 Å². The number of hydrogen-bond acceptors (Lipinski definition) is 5. The highest BCUT2D eigenvalue weighted by molar-refractivity contribution is 5.94. The first-order valence-electron chi connectivity index (χ1n) is 11.1. The average molecular weight is 423 g/mol. The summed E-state index contributed by atoms with van der Waals surface area (Å²) in [5.74, 6) is 1.05. The quantitative estimate of drug-likeness (QED) is 0.774. The Hall–Kier alpha value is -2.80. The summed E-state index contributed by atoms with van der Waals surface area (Å²) in [6, 6.07) is 9.84. The van der Waals surface area contributed by atoms with Crippen LogP contribution < -0.4 is 5.32 Å².